The number of aliphatic hydroxyl groups is 1. The standard InChI is InChI=1S/C12H24N2O2/c1-11(2,16)9-14-10(15)8-12(13)6-4-3-5-7-12/h16H,3-9,13H2,1-2H3,(H,14,15). The van der Waals surface area contributed by atoms with E-state index in [1.807, 2.05) is 0 Å². The third kappa shape index (κ3) is 4.94. The van der Waals surface area contributed by atoms with E-state index in [4.69, 9.17) is 5.73 Å². The average molecular weight is 228 g/mol. The van der Waals surface area contributed by atoms with E-state index in [9.17, 15) is 9.90 Å². The molecule has 94 valence electrons. The van der Waals surface area contributed by atoms with Crippen LogP contribution in [0.1, 0.15) is 52.4 Å². The first kappa shape index (κ1) is 13.5. The number of hydrogen-bond donors (Lipinski definition) is 3. The molecule has 1 amide bonds. The van der Waals surface area contributed by atoms with Crippen LogP contribution in [0.2, 0.25) is 0 Å². The molecule has 0 spiro atoms. The van der Waals surface area contributed by atoms with E-state index in [-0.39, 0.29) is 18.0 Å². The van der Waals surface area contributed by atoms with E-state index in [0.29, 0.717) is 6.42 Å². The van der Waals surface area contributed by atoms with Gasteiger partial charge in [-0.05, 0) is 26.7 Å². The van der Waals surface area contributed by atoms with Gasteiger partial charge in [0.1, 0.15) is 0 Å². The molecule has 0 bridgehead atoms. The number of carbonyl (C=O) groups excluding carboxylic acids is 1. The van der Waals surface area contributed by atoms with Crippen molar-refractivity contribution in [2.75, 3.05) is 6.54 Å². The van der Waals surface area contributed by atoms with Crippen LogP contribution >= 0.6 is 0 Å². The van der Waals surface area contributed by atoms with Crippen molar-refractivity contribution in [1.82, 2.24) is 5.32 Å². The Morgan fingerprint density at radius 3 is 2.44 bits per heavy atom. The van der Waals surface area contributed by atoms with Crippen molar-refractivity contribution in [2.45, 2.75) is 63.5 Å². The molecule has 0 saturated heterocycles. The molecule has 0 radical (unpaired) electrons. The monoisotopic (exact) mass is 228 g/mol. The lowest BCUT2D eigenvalue weighted by Crippen LogP contribution is -2.47. The zero-order valence-corrected chi connectivity index (χ0v) is 10.4. The van der Waals surface area contributed by atoms with Gasteiger partial charge in [0.2, 0.25) is 5.91 Å². The third-order valence-electron chi connectivity index (χ3n) is 3.08. The first-order chi connectivity index (χ1) is 7.31. The van der Waals surface area contributed by atoms with Crippen LogP contribution in [0.15, 0.2) is 0 Å². The molecular formula is C12H24N2O2. The second-order valence-corrected chi connectivity index (χ2v) is 5.69. The number of rotatable bonds is 4. The maximum atomic E-state index is 11.7. The summed E-state index contributed by atoms with van der Waals surface area (Å²) >= 11 is 0. The molecule has 1 rings (SSSR count). The molecule has 0 atom stereocenters. The van der Waals surface area contributed by atoms with Crippen LogP contribution < -0.4 is 11.1 Å². The predicted molar refractivity (Wildman–Crippen MR) is 63.9 cm³/mol. The van der Waals surface area contributed by atoms with Crippen LogP contribution in [-0.2, 0) is 4.79 Å². The fourth-order valence-corrected chi connectivity index (χ4v) is 2.13. The second kappa shape index (κ2) is 5.15. The summed E-state index contributed by atoms with van der Waals surface area (Å²) in [5.41, 5.74) is 5.00. The quantitative estimate of drug-likeness (QED) is 0.670. The van der Waals surface area contributed by atoms with Gasteiger partial charge in [0.05, 0.1) is 5.60 Å². The molecule has 0 heterocycles. The Morgan fingerprint density at radius 1 is 1.38 bits per heavy atom. The van der Waals surface area contributed by atoms with Gasteiger partial charge in [0.15, 0.2) is 0 Å². The number of amides is 1. The fraction of sp³-hybridized carbons (Fsp3) is 0.917. The van der Waals surface area contributed by atoms with Gasteiger partial charge in [0.25, 0.3) is 0 Å². The summed E-state index contributed by atoms with van der Waals surface area (Å²) in [5.74, 6) is -0.0495. The highest BCUT2D eigenvalue weighted by Gasteiger charge is 2.30. The highest BCUT2D eigenvalue weighted by molar-refractivity contribution is 5.77. The lowest BCUT2D eigenvalue weighted by atomic mass is 9.80. The summed E-state index contributed by atoms with van der Waals surface area (Å²) in [4.78, 5) is 11.7. The van der Waals surface area contributed by atoms with E-state index in [2.05, 4.69) is 5.32 Å². The van der Waals surface area contributed by atoms with Crippen molar-refractivity contribution in [1.29, 1.82) is 0 Å². The van der Waals surface area contributed by atoms with Gasteiger partial charge in [0, 0.05) is 18.5 Å². The molecule has 0 unspecified atom stereocenters. The van der Waals surface area contributed by atoms with Crippen LogP contribution in [0.5, 0.6) is 0 Å². The Kier molecular flexibility index (Phi) is 4.33. The number of hydrogen-bond acceptors (Lipinski definition) is 3. The first-order valence-corrected chi connectivity index (χ1v) is 6.09. The molecule has 0 aromatic heterocycles. The summed E-state index contributed by atoms with van der Waals surface area (Å²) in [5, 5.41) is 12.2. The largest absolute Gasteiger partial charge is 0.389 e. The van der Waals surface area contributed by atoms with Crippen molar-refractivity contribution in [3.63, 3.8) is 0 Å². The summed E-state index contributed by atoms with van der Waals surface area (Å²) in [7, 11) is 0. The minimum absolute atomic E-state index is 0.0495. The van der Waals surface area contributed by atoms with Gasteiger partial charge in [-0.25, -0.2) is 0 Å². The molecule has 4 heteroatoms. The van der Waals surface area contributed by atoms with E-state index in [1.54, 1.807) is 13.8 Å². The lowest BCUT2D eigenvalue weighted by Gasteiger charge is -2.33. The van der Waals surface area contributed by atoms with Crippen LogP contribution in [0, 0.1) is 0 Å². The molecule has 1 fully saturated rings. The van der Waals surface area contributed by atoms with Crippen LogP contribution in [0.4, 0.5) is 0 Å². The van der Waals surface area contributed by atoms with Crippen LogP contribution in [0.25, 0.3) is 0 Å². The normalized spacial score (nSPS) is 20.5. The van der Waals surface area contributed by atoms with Crippen molar-refractivity contribution in [3.8, 4) is 0 Å². The number of carbonyl (C=O) groups is 1. The SMILES string of the molecule is CC(C)(O)CNC(=O)CC1(N)CCCCC1. The fourth-order valence-electron chi connectivity index (χ4n) is 2.13. The number of nitrogens with two attached hydrogens (primary N) is 1. The molecule has 4 N–H and O–H groups in total. The summed E-state index contributed by atoms with van der Waals surface area (Å²) in [6.07, 6.45) is 5.71. The lowest BCUT2D eigenvalue weighted by molar-refractivity contribution is -0.123. The molecule has 0 aliphatic heterocycles. The van der Waals surface area contributed by atoms with Gasteiger partial charge in [-0.15, -0.1) is 0 Å². The van der Waals surface area contributed by atoms with E-state index in [0.717, 1.165) is 25.7 Å². The van der Waals surface area contributed by atoms with Crippen molar-refractivity contribution in [2.24, 2.45) is 5.73 Å². The Bertz CT molecular complexity index is 240. The molecule has 4 nitrogen and oxygen atoms in total. The smallest absolute Gasteiger partial charge is 0.221 e. The van der Waals surface area contributed by atoms with E-state index >= 15 is 0 Å². The van der Waals surface area contributed by atoms with Crippen LogP contribution in [-0.4, -0.2) is 28.7 Å². The zero-order valence-electron chi connectivity index (χ0n) is 10.4. The Labute approximate surface area is 97.6 Å². The summed E-state index contributed by atoms with van der Waals surface area (Å²) < 4.78 is 0. The molecule has 1 aliphatic rings. The molecule has 1 saturated carbocycles. The minimum Gasteiger partial charge on any atom is -0.389 e. The second-order valence-electron chi connectivity index (χ2n) is 5.69. The van der Waals surface area contributed by atoms with Gasteiger partial charge in [-0.1, -0.05) is 19.3 Å². The van der Waals surface area contributed by atoms with Crippen molar-refractivity contribution in [3.05, 3.63) is 0 Å². The van der Waals surface area contributed by atoms with E-state index in [1.165, 1.54) is 6.42 Å². The van der Waals surface area contributed by atoms with Gasteiger partial charge in [-0.3, -0.25) is 4.79 Å². The highest BCUT2D eigenvalue weighted by atomic mass is 16.3. The number of nitrogens with one attached hydrogen (secondary N) is 1. The van der Waals surface area contributed by atoms with Gasteiger partial charge in [-0.2, -0.15) is 0 Å². The maximum Gasteiger partial charge on any atom is 0.221 e. The highest BCUT2D eigenvalue weighted by Crippen LogP contribution is 2.28. The Balaban J connectivity index is 2.33. The Hall–Kier alpha value is -0.610. The van der Waals surface area contributed by atoms with Crippen molar-refractivity contribution >= 4 is 5.91 Å². The molecular weight excluding hydrogens is 204 g/mol. The van der Waals surface area contributed by atoms with Gasteiger partial charge >= 0.3 is 0 Å². The first-order valence-electron chi connectivity index (χ1n) is 6.09. The molecule has 1 aliphatic carbocycles. The van der Waals surface area contributed by atoms with Crippen LogP contribution in [0.3, 0.4) is 0 Å². The maximum absolute atomic E-state index is 11.7. The van der Waals surface area contributed by atoms with E-state index < -0.39 is 5.60 Å². The Morgan fingerprint density at radius 2 is 1.94 bits per heavy atom. The third-order valence-corrected chi connectivity index (χ3v) is 3.08. The summed E-state index contributed by atoms with van der Waals surface area (Å²) in [6.45, 7) is 3.63. The molecule has 16 heavy (non-hydrogen) atoms. The summed E-state index contributed by atoms with van der Waals surface area (Å²) in [6, 6.07) is 0. The zero-order chi connectivity index (χ0) is 12.2. The van der Waals surface area contributed by atoms with Gasteiger partial charge < -0.3 is 16.2 Å². The minimum atomic E-state index is -0.857. The molecule has 0 aromatic carbocycles. The predicted octanol–water partition coefficient (Wildman–Crippen LogP) is 0.925. The topological polar surface area (TPSA) is 75.3 Å². The van der Waals surface area contributed by atoms with Crippen molar-refractivity contribution < 1.29 is 9.90 Å². The molecule has 0 aromatic rings. The average Bonchev–Trinajstić information content (AvgIpc) is 2.14.